The Kier molecular flexibility index (Phi) is 3.94. The van der Waals surface area contributed by atoms with E-state index in [0.29, 0.717) is 5.92 Å². The van der Waals surface area contributed by atoms with Crippen molar-refractivity contribution in [3.63, 3.8) is 0 Å². The van der Waals surface area contributed by atoms with Crippen LogP contribution in [0.25, 0.3) is 0 Å². The van der Waals surface area contributed by atoms with Gasteiger partial charge < -0.3 is 5.32 Å². The first-order valence-corrected chi connectivity index (χ1v) is 7.47. The first-order chi connectivity index (χ1) is 9.31. The van der Waals surface area contributed by atoms with Crippen LogP contribution in [0.15, 0.2) is 28.7 Å². The molecule has 0 atom stereocenters. The molecule has 1 aliphatic heterocycles. The third kappa shape index (κ3) is 3.22. The Hall–Kier alpha value is -1.20. The van der Waals surface area contributed by atoms with Crippen LogP contribution in [0.3, 0.4) is 0 Å². The predicted molar refractivity (Wildman–Crippen MR) is 78.2 cm³/mol. The number of aromatic amines is 1. The molecular formula is C14H17BrN4. The zero-order valence-corrected chi connectivity index (χ0v) is 12.3. The summed E-state index contributed by atoms with van der Waals surface area (Å²) in [6.07, 6.45) is 3.07. The van der Waals surface area contributed by atoms with E-state index in [0.717, 1.165) is 48.5 Å². The van der Waals surface area contributed by atoms with Crippen molar-refractivity contribution >= 4 is 15.9 Å². The molecule has 4 nitrogen and oxygen atoms in total. The van der Waals surface area contributed by atoms with Gasteiger partial charge >= 0.3 is 0 Å². The number of piperidine rings is 1. The second kappa shape index (κ2) is 5.84. The van der Waals surface area contributed by atoms with Crippen LogP contribution >= 0.6 is 15.9 Å². The quantitative estimate of drug-likeness (QED) is 0.914. The van der Waals surface area contributed by atoms with Gasteiger partial charge in [-0.1, -0.05) is 28.1 Å². The van der Waals surface area contributed by atoms with Gasteiger partial charge in [0.05, 0.1) is 0 Å². The third-order valence-corrected chi connectivity index (χ3v) is 4.01. The first-order valence-electron chi connectivity index (χ1n) is 6.67. The van der Waals surface area contributed by atoms with E-state index >= 15 is 0 Å². The highest BCUT2D eigenvalue weighted by molar-refractivity contribution is 9.10. The molecule has 1 saturated heterocycles. The van der Waals surface area contributed by atoms with Gasteiger partial charge in [0.25, 0.3) is 0 Å². The highest BCUT2D eigenvalue weighted by atomic mass is 79.9. The Morgan fingerprint density at radius 1 is 1.26 bits per heavy atom. The molecule has 0 unspecified atom stereocenters. The standard InChI is InChI=1S/C14H17BrN4/c15-12-3-1-2-10(8-12)9-13-17-14(19-18-13)11-4-6-16-7-5-11/h1-3,8,11,16H,4-7,9H2,(H,17,18,19). The van der Waals surface area contributed by atoms with Crippen LogP contribution in [0.5, 0.6) is 0 Å². The van der Waals surface area contributed by atoms with Crippen molar-refractivity contribution in [1.82, 2.24) is 20.5 Å². The summed E-state index contributed by atoms with van der Waals surface area (Å²) in [4.78, 5) is 4.65. The highest BCUT2D eigenvalue weighted by Crippen LogP contribution is 2.22. The number of rotatable bonds is 3. The molecule has 2 aromatic rings. The number of nitrogens with one attached hydrogen (secondary N) is 2. The van der Waals surface area contributed by atoms with E-state index in [-0.39, 0.29) is 0 Å². The van der Waals surface area contributed by atoms with Crippen LogP contribution in [-0.2, 0) is 6.42 Å². The molecule has 0 amide bonds. The fourth-order valence-electron chi connectivity index (χ4n) is 2.49. The minimum absolute atomic E-state index is 0.508. The maximum Gasteiger partial charge on any atom is 0.153 e. The highest BCUT2D eigenvalue weighted by Gasteiger charge is 2.19. The number of H-pyrrole nitrogens is 1. The van der Waals surface area contributed by atoms with Gasteiger partial charge in [-0.2, -0.15) is 5.10 Å². The van der Waals surface area contributed by atoms with Crippen molar-refractivity contribution in [1.29, 1.82) is 0 Å². The molecule has 0 radical (unpaired) electrons. The number of aromatic nitrogens is 3. The number of hydrogen-bond donors (Lipinski definition) is 2. The lowest BCUT2D eigenvalue weighted by Gasteiger charge is -2.19. The summed E-state index contributed by atoms with van der Waals surface area (Å²) in [5.74, 6) is 2.44. The van der Waals surface area contributed by atoms with Crippen LogP contribution in [0.2, 0.25) is 0 Å². The van der Waals surface area contributed by atoms with E-state index in [1.54, 1.807) is 0 Å². The zero-order valence-electron chi connectivity index (χ0n) is 10.7. The van der Waals surface area contributed by atoms with Gasteiger partial charge in [-0.05, 0) is 43.6 Å². The van der Waals surface area contributed by atoms with Gasteiger partial charge in [-0.3, -0.25) is 5.10 Å². The molecule has 2 N–H and O–H groups in total. The second-order valence-electron chi connectivity index (χ2n) is 4.97. The number of nitrogens with zero attached hydrogens (tertiary/aromatic N) is 2. The molecular weight excluding hydrogens is 304 g/mol. The summed E-state index contributed by atoms with van der Waals surface area (Å²) in [5.41, 5.74) is 1.24. The van der Waals surface area contributed by atoms with Gasteiger partial charge in [0.1, 0.15) is 5.82 Å². The van der Waals surface area contributed by atoms with E-state index in [1.165, 1.54) is 5.56 Å². The molecule has 100 valence electrons. The fraction of sp³-hybridized carbons (Fsp3) is 0.429. The Morgan fingerprint density at radius 3 is 2.89 bits per heavy atom. The minimum atomic E-state index is 0.508. The minimum Gasteiger partial charge on any atom is -0.317 e. The van der Waals surface area contributed by atoms with Gasteiger partial charge in [0.2, 0.25) is 0 Å². The molecule has 5 heteroatoms. The second-order valence-corrected chi connectivity index (χ2v) is 5.89. The Labute approximate surface area is 121 Å². The normalized spacial score (nSPS) is 16.7. The van der Waals surface area contributed by atoms with E-state index in [1.807, 2.05) is 12.1 Å². The lowest BCUT2D eigenvalue weighted by Crippen LogP contribution is -2.27. The monoisotopic (exact) mass is 320 g/mol. The lowest BCUT2D eigenvalue weighted by atomic mass is 9.98. The number of hydrogen-bond acceptors (Lipinski definition) is 3. The van der Waals surface area contributed by atoms with Crippen molar-refractivity contribution in [3.05, 3.63) is 46.0 Å². The van der Waals surface area contributed by atoms with Crippen molar-refractivity contribution in [3.8, 4) is 0 Å². The van der Waals surface area contributed by atoms with Gasteiger partial charge in [-0.25, -0.2) is 4.98 Å². The summed E-state index contributed by atoms with van der Waals surface area (Å²) >= 11 is 3.49. The molecule has 0 bridgehead atoms. The molecule has 1 aliphatic rings. The summed E-state index contributed by atoms with van der Waals surface area (Å²) in [5, 5.41) is 10.8. The molecule has 0 aliphatic carbocycles. The largest absolute Gasteiger partial charge is 0.317 e. The van der Waals surface area contributed by atoms with Crippen LogP contribution in [-0.4, -0.2) is 28.3 Å². The Bertz CT molecular complexity index is 546. The maximum absolute atomic E-state index is 4.65. The molecule has 1 fully saturated rings. The van der Waals surface area contributed by atoms with Crippen LogP contribution < -0.4 is 5.32 Å². The van der Waals surface area contributed by atoms with E-state index < -0.39 is 0 Å². The van der Waals surface area contributed by atoms with Crippen LogP contribution in [0.1, 0.15) is 36.0 Å². The Morgan fingerprint density at radius 2 is 2.11 bits per heavy atom. The summed E-state index contributed by atoms with van der Waals surface area (Å²) in [7, 11) is 0. The van der Waals surface area contributed by atoms with Crippen molar-refractivity contribution in [2.75, 3.05) is 13.1 Å². The van der Waals surface area contributed by atoms with Gasteiger partial charge in [0, 0.05) is 16.8 Å². The van der Waals surface area contributed by atoms with Crippen molar-refractivity contribution in [2.24, 2.45) is 0 Å². The molecule has 3 rings (SSSR count). The molecule has 19 heavy (non-hydrogen) atoms. The molecule has 2 heterocycles. The first kappa shape index (κ1) is 12.8. The van der Waals surface area contributed by atoms with E-state index in [2.05, 4.69) is 48.6 Å². The molecule has 0 spiro atoms. The molecule has 1 aromatic heterocycles. The lowest BCUT2D eigenvalue weighted by molar-refractivity contribution is 0.446. The van der Waals surface area contributed by atoms with Crippen LogP contribution in [0.4, 0.5) is 0 Å². The van der Waals surface area contributed by atoms with Gasteiger partial charge in [0.15, 0.2) is 5.82 Å². The smallest absolute Gasteiger partial charge is 0.153 e. The number of benzene rings is 1. The van der Waals surface area contributed by atoms with E-state index in [9.17, 15) is 0 Å². The predicted octanol–water partition coefficient (Wildman–Crippen LogP) is 2.62. The molecule has 0 saturated carbocycles. The summed E-state index contributed by atoms with van der Waals surface area (Å²) < 4.78 is 1.10. The zero-order chi connectivity index (χ0) is 13.1. The SMILES string of the molecule is Brc1cccc(Cc2nc(C3CCNCC3)n[nH]2)c1. The van der Waals surface area contributed by atoms with Crippen LogP contribution in [0, 0.1) is 0 Å². The van der Waals surface area contributed by atoms with Crippen molar-refractivity contribution < 1.29 is 0 Å². The van der Waals surface area contributed by atoms with E-state index in [4.69, 9.17) is 0 Å². The maximum atomic E-state index is 4.65. The third-order valence-electron chi connectivity index (χ3n) is 3.51. The van der Waals surface area contributed by atoms with Gasteiger partial charge in [-0.15, -0.1) is 0 Å². The fourth-order valence-corrected chi connectivity index (χ4v) is 2.94. The van der Waals surface area contributed by atoms with Crippen molar-refractivity contribution in [2.45, 2.75) is 25.2 Å². The number of halogens is 1. The summed E-state index contributed by atoms with van der Waals surface area (Å²) in [6.45, 7) is 2.14. The molecule has 1 aromatic carbocycles. The average molecular weight is 321 g/mol. The Balaban J connectivity index is 1.70. The average Bonchev–Trinajstić information content (AvgIpc) is 2.88. The topological polar surface area (TPSA) is 53.6 Å². The summed E-state index contributed by atoms with van der Waals surface area (Å²) in [6, 6.07) is 8.30.